The highest BCUT2D eigenvalue weighted by Gasteiger charge is 2.70. The van der Waals surface area contributed by atoms with Gasteiger partial charge in [-0.25, -0.2) is 13.2 Å². The van der Waals surface area contributed by atoms with Gasteiger partial charge in [0, 0.05) is 17.8 Å². The van der Waals surface area contributed by atoms with Crippen LogP contribution in [0.15, 0.2) is 76.9 Å². The van der Waals surface area contributed by atoms with E-state index in [1.54, 1.807) is 34.6 Å². The van der Waals surface area contributed by atoms with Crippen LogP contribution in [0, 0.1) is 36.5 Å². The first-order valence-electron chi connectivity index (χ1n) is 14.7. The number of sulfonamides is 1. The van der Waals surface area contributed by atoms with Crippen molar-refractivity contribution in [2.45, 2.75) is 90.7 Å². The van der Waals surface area contributed by atoms with Crippen molar-refractivity contribution in [3.05, 3.63) is 83.1 Å². The maximum atomic E-state index is 14.6. The van der Waals surface area contributed by atoms with Crippen molar-refractivity contribution in [1.29, 1.82) is 0 Å². The zero-order valence-electron chi connectivity index (χ0n) is 25.1. The first-order valence-corrected chi connectivity index (χ1v) is 16.1. The van der Waals surface area contributed by atoms with E-state index in [1.165, 1.54) is 0 Å². The molecule has 41 heavy (non-hydrogen) atoms. The number of carbonyl (C=O) groups is 1. The van der Waals surface area contributed by atoms with Crippen molar-refractivity contribution in [1.82, 2.24) is 0 Å². The number of fused-ring (bicyclic) bond motifs is 2. The predicted octanol–water partition coefficient (Wildman–Crippen LogP) is 7.42. The summed E-state index contributed by atoms with van der Waals surface area (Å²) < 4.78 is 37.2. The summed E-state index contributed by atoms with van der Waals surface area (Å²) in [6, 6.07) is 13.7. The van der Waals surface area contributed by atoms with E-state index in [4.69, 9.17) is 4.74 Å². The third-order valence-electron chi connectivity index (χ3n) is 10.4. The fraction of sp³-hybridized carbons (Fsp3) is 0.500. The van der Waals surface area contributed by atoms with Crippen LogP contribution >= 0.6 is 0 Å². The number of benzene rings is 2. The summed E-state index contributed by atoms with van der Waals surface area (Å²) in [5, 5.41) is 10.9. The normalized spacial score (nSPS) is 28.9. The number of aryl methyl sites for hydroxylation is 2. The Morgan fingerprint density at radius 1 is 1.05 bits per heavy atom. The highest BCUT2D eigenvalue weighted by atomic mass is 32.2. The Balaban J connectivity index is 1.68. The van der Waals surface area contributed by atoms with Gasteiger partial charge in [-0.05, 0) is 93.2 Å². The second-order valence-corrected chi connectivity index (χ2v) is 15.0. The van der Waals surface area contributed by atoms with Crippen LogP contribution in [-0.2, 0) is 19.6 Å². The molecule has 0 heterocycles. The highest BCUT2D eigenvalue weighted by molar-refractivity contribution is 7.92. The molecule has 2 bridgehead atoms. The van der Waals surface area contributed by atoms with E-state index in [0.717, 1.165) is 42.4 Å². The Morgan fingerprint density at radius 2 is 1.68 bits per heavy atom. The van der Waals surface area contributed by atoms with E-state index in [0.29, 0.717) is 12.1 Å². The number of hydrogen-bond donors (Lipinski definition) is 1. The Labute approximate surface area is 245 Å². The molecule has 0 saturated heterocycles. The fourth-order valence-electron chi connectivity index (χ4n) is 7.88. The largest absolute Gasteiger partial charge is 0.512 e. The molecule has 6 nitrogen and oxygen atoms in total. The number of ether oxygens (including phenoxy) is 1. The number of aliphatic hydroxyl groups is 1. The lowest BCUT2D eigenvalue weighted by Crippen LogP contribution is -2.54. The van der Waals surface area contributed by atoms with E-state index in [-0.39, 0.29) is 33.5 Å². The van der Waals surface area contributed by atoms with Crippen LogP contribution in [0.2, 0.25) is 0 Å². The van der Waals surface area contributed by atoms with Crippen LogP contribution in [0.5, 0.6) is 0 Å². The van der Waals surface area contributed by atoms with Gasteiger partial charge >= 0.3 is 5.97 Å². The molecule has 0 amide bonds. The molecule has 2 saturated carbocycles. The van der Waals surface area contributed by atoms with Crippen LogP contribution < -0.4 is 4.31 Å². The molecule has 0 aliphatic heterocycles. The van der Waals surface area contributed by atoms with E-state index >= 15 is 0 Å². The molecule has 2 fully saturated rings. The predicted molar refractivity (Wildman–Crippen MR) is 162 cm³/mol. The van der Waals surface area contributed by atoms with Gasteiger partial charge in [-0.3, -0.25) is 4.31 Å². The molecule has 7 heteroatoms. The zero-order valence-corrected chi connectivity index (χ0v) is 25.9. The molecular formula is C34H43NO5S. The maximum Gasteiger partial charge on any atom is 0.338 e. The van der Waals surface area contributed by atoms with Gasteiger partial charge in [0.1, 0.15) is 11.9 Å². The minimum atomic E-state index is -4.03. The maximum absolute atomic E-state index is 14.6. The van der Waals surface area contributed by atoms with Crippen molar-refractivity contribution < 1.29 is 23.1 Å². The molecule has 0 radical (unpaired) electrons. The minimum Gasteiger partial charge on any atom is -0.512 e. The Bertz CT molecular complexity index is 1490. The number of nitrogens with zero attached hydrogens (tertiary/aromatic N) is 1. The molecule has 1 N–H and O–H groups in total. The molecule has 0 spiro atoms. The van der Waals surface area contributed by atoms with Crippen LogP contribution in [0.3, 0.4) is 0 Å². The van der Waals surface area contributed by atoms with Gasteiger partial charge < -0.3 is 9.84 Å². The van der Waals surface area contributed by atoms with Crippen molar-refractivity contribution in [2.75, 3.05) is 4.31 Å². The van der Waals surface area contributed by atoms with E-state index in [2.05, 4.69) is 27.4 Å². The summed E-state index contributed by atoms with van der Waals surface area (Å²) >= 11 is 0. The van der Waals surface area contributed by atoms with Crippen LogP contribution in [-0.4, -0.2) is 31.6 Å². The van der Waals surface area contributed by atoms with E-state index < -0.39 is 33.6 Å². The first kappa shape index (κ1) is 29.4. The summed E-state index contributed by atoms with van der Waals surface area (Å²) in [6.45, 7) is 16.4. The Kier molecular flexibility index (Phi) is 7.42. The standard InChI is InChI=1S/C34H43NO5S/c1-21(2)26-14-11-15-28(36)29(26)32(37)40-31-30(27-16-17-34(31,7)33(27,5)6)35(24-19-22(3)18-23(4)20-24)41(38,39)25-12-9-8-10-13-25/h8-10,12-13,18-20,26-27,30-31,36H,1,11,14-17H2,2-7H3/t26-,27-,30-,31-,34+/m1/s1. The van der Waals surface area contributed by atoms with Crippen LogP contribution in [0.1, 0.15) is 70.9 Å². The molecule has 3 aliphatic rings. The third kappa shape index (κ3) is 4.70. The van der Waals surface area contributed by atoms with Gasteiger partial charge in [-0.1, -0.05) is 57.2 Å². The molecule has 2 aromatic rings. The lowest BCUT2D eigenvalue weighted by molar-refractivity contribution is -0.154. The van der Waals surface area contributed by atoms with Crippen LogP contribution in [0.25, 0.3) is 0 Å². The molecule has 0 aromatic heterocycles. The van der Waals surface area contributed by atoms with Gasteiger partial charge in [0.25, 0.3) is 10.0 Å². The Hall–Kier alpha value is -3.06. The van der Waals surface area contributed by atoms with Gasteiger partial charge in [-0.2, -0.15) is 0 Å². The van der Waals surface area contributed by atoms with Gasteiger partial charge in [-0.15, -0.1) is 0 Å². The first-order chi connectivity index (χ1) is 19.2. The van der Waals surface area contributed by atoms with Crippen molar-refractivity contribution in [3.8, 4) is 0 Å². The topological polar surface area (TPSA) is 83.9 Å². The van der Waals surface area contributed by atoms with Gasteiger partial charge in [0.15, 0.2) is 0 Å². The number of allylic oxidation sites excluding steroid dienone is 2. The van der Waals surface area contributed by atoms with Crippen molar-refractivity contribution >= 4 is 21.7 Å². The smallest absolute Gasteiger partial charge is 0.338 e. The molecule has 2 aromatic carbocycles. The molecule has 0 unspecified atom stereocenters. The third-order valence-corrected chi connectivity index (χ3v) is 12.2. The number of hydrogen-bond acceptors (Lipinski definition) is 5. The summed E-state index contributed by atoms with van der Waals surface area (Å²) in [5.41, 5.74) is 2.80. The number of anilines is 1. The fourth-order valence-corrected chi connectivity index (χ4v) is 9.57. The molecule has 220 valence electrons. The summed E-state index contributed by atoms with van der Waals surface area (Å²) in [5.74, 6) is -0.832. The summed E-state index contributed by atoms with van der Waals surface area (Å²) in [4.78, 5) is 14.2. The molecule has 5 rings (SSSR count). The van der Waals surface area contributed by atoms with Crippen molar-refractivity contribution in [2.24, 2.45) is 22.7 Å². The number of esters is 1. The average Bonchev–Trinajstić information content (AvgIpc) is 3.21. The van der Waals surface area contributed by atoms with Gasteiger partial charge in [0.05, 0.1) is 22.2 Å². The lowest BCUT2D eigenvalue weighted by Gasteiger charge is -2.43. The summed E-state index contributed by atoms with van der Waals surface area (Å²) in [6.07, 6.45) is 2.85. The monoisotopic (exact) mass is 577 g/mol. The number of aliphatic hydroxyl groups excluding tert-OH is 1. The van der Waals surface area contributed by atoms with Crippen molar-refractivity contribution in [3.63, 3.8) is 0 Å². The summed E-state index contributed by atoms with van der Waals surface area (Å²) in [7, 11) is -4.03. The second kappa shape index (κ2) is 10.3. The average molecular weight is 578 g/mol. The highest BCUT2D eigenvalue weighted by Crippen LogP contribution is 2.68. The van der Waals surface area contributed by atoms with E-state index in [9.17, 15) is 18.3 Å². The number of rotatable bonds is 7. The number of carbonyl (C=O) groups excluding carboxylic acids is 1. The Morgan fingerprint density at radius 3 is 2.29 bits per heavy atom. The molecule has 5 atom stereocenters. The quantitative estimate of drug-likeness (QED) is 0.273. The molecular weight excluding hydrogens is 534 g/mol. The minimum absolute atomic E-state index is 0.0459. The van der Waals surface area contributed by atoms with Crippen LogP contribution in [0.4, 0.5) is 5.69 Å². The second-order valence-electron chi connectivity index (χ2n) is 13.2. The van der Waals surface area contributed by atoms with E-state index in [1.807, 2.05) is 39.0 Å². The zero-order chi connectivity index (χ0) is 29.9. The SMILES string of the molecule is C=C(C)[C@H]1CCCC(O)=C1C(=O)O[C@@H]1[C@H](N(c2cc(C)cc(C)c2)S(=O)(=O)c2ccccc2)[C@H]2CC[C@]1(C)C2(C)C. The molecule has 3 aliphatic carbocycles. The van der Waals surface area contributed by atoms with Gasteiger partial charge in [0.2, 0.25) is 0 Å². The lowest BCUT2D eigenvalue weighted by atomic mass is 9.70.